The van der Waals surface area contributed by atoms with E-state index >= 15 is 0 Å². The molecule has 0 bridgehead atoms. The van der Waals surface area contributed by atoms with Crippen molar-refractivity contribution in [1.29, 1.82) is 0 Å². The molecule has 1 unspecified atom stereocenters. The largest absolute Gasteiger partial charge is 0.480 e. The Morgan fingerprint density at radius 3 is 2.57 bits per heavy atom. The molecule has 0 radical (unpaired) electrons. The van der Waals surface area contributed by atoms with Gasteiger partial charge in [-0.2, -0.15) is 0 Å². The van der Waals surface area contributed by atoms with Crippen LogP contribution in [0.2, 0.25) is 10.0 Å². The van der Waals surface area contributed by atoms with Gasteiger partial charge in [-0.05, 0) is 17.7 Å². The van der Waals surface area contributed by atoms with Gasteiger partial charge >= 0.3 is 5.97 Å². The summed E-state index contributed by atoms with van der Waals surface area (Å²) in [6, 6.07) is 3.50. The van der Waals surface area contributed by atoms with E-state index in [4.69, 9.17) is 34.0 Å². The van der Waals surface area contributed by atoms with Gasteiger partial charge in [-0.25, -0.2) is 4.79 Å². The number of halogens is 2. The zero-order chi connectivity index (χ0) is 16.0. The van der Waals surface area contributed by atoms with E-state index in [-0.39, 0.29) is 5.02 Å². The lowest BCUT2D eigenvalue weighted by Gasteiger charge is -2.10. The molecule has 1 rings (SSSR count). The van der Waals surface area contributed by atoms with E-state index < -0.39 is 30.2 Å². The summed E-state index contributed by atoms with van der Waals surface area (Å²) in [4.78, 5) is 33.2. The van der Waals surface area contributed by atoms with Crippen molar-refractivity contribution in [1.82, 2.24) is 5.32 Å². The summed E-state index contributed by atoms with van der Waals surface area (Å²) in [6.07, 6.45) is 1.98. The van der Waals surface area contributed by atoms with E-state index in [0.717, 1.165) is 6.08 Å². The Balaban J connectivity index is 2.76. The number of carboxylic acids is 1. The minimum atomic E-state index is -1.38. The monoisotopic (exact) mass is 330 g/mol. The summed E-state index contributed by atoms with van der Waals surface area (Å²) in [5.41, 5.74) is 5.41. The third kappa shape index (κ3) is 5.45. The molecular weight excluding hydrogens is 319 g/mol. The molecule has 1 aromatic rings. The first-order valence-corrected chi connectivity index (χ1v) is 6.50. The predicted molar refractivity (Wildman–Crippen MR) is 78.9 cm³/mol. The Morgan fingerprint density at radius 1 is 1.33 bits per heavy atom. The van der Waals surface area contributed by atoms with E-state index in [1.165, 1.54) is 6.08 Å². The summed E-state index contributed by atoms with van der Waals surface area (Å²) in [5, 5.41) is 11.6. The van der Waals surface area contributed by atoms with E-state index in [0.29, 0.717) is 10.6 Å². The van der Waals surface area contributed by atoms with Crippen LogP contribution in [0.1, 0.15) is 12.0 Å². The topological polar surface area (TPSA) is 109 Å². The van der Waals surface area contributed by atoms with Gasteiger partial charge in [-0.3, -0.25) is 9.59 Å². The number of amides is 2. The number of carboxylic acid groups (broad SMARTS) is 1. The maximum Gasteiger partial charge on any atom is 0.326 e. The van der Waals surface area contributed by atoms with Gasteiger partial charge in [-0.1, -0.05) is 35.3 Å². The average Bonchev–Trinajstić information content (AvgIpc) is 2.39. The van der Waals surface area contributed by atoms with Gasteiger partial charge in [0.2, 0.25) is 11.8 Å². The molecular formula is C13H12Cl2N2O4. The highest BCUT2D eigenvalue weighted by atomic mass is 35.5. The average molecular weight is 331 g/mol. The predicted octanol–water partition coefficient (Wildman–Crippen LogP) is 1.45. The number of hydrogen-bond donors (Lipinski definition) is 3. The second kappa shape index (κ2) is 7.66. The number of nitrogens with two attached hydrogens (primary N) is 1. The van der Waals surface area contributed by atoms with Gasteiger partial charge in [0.05, 0.1) is 16.5 Å². The van der Waals surface area contributed by atoms with Crippen LogP contribution in [0.25, 0.3) is 6.08 Å². The summed E-state index contributed by atoms with van der Waals surface area (Å²) in [7, 11) is 0. The summed E-state index contributed by atoms with van der Waals surface area (Å²) in [6.45, 7) is 0. The van der Waals surface area contributed by atoms with Gasteiger partial charge in [-0.15, -0.1) is 0 Å². The lowest BCUT2D eigenvalue weighted by atomic mass is 10.2. The van der Waals surface area contributed by atoms with Gasteiger partial charge in [0.1, 0.15) is 6.04 Å². The van der Waals surface area contributed by atoms with Crippen LogP contribution >= 0.6 is 23.2 Å². The smallest absolute Gasteiger partial charge is 0.326 e. The third-order valence-corrected chi connectivity index (χ3v) is 3.25. The van der Waals surface area contributed by atoms with Crippen LogP contribution in [-0.2, 0) is 14.4 Å². The number of aliphatic carboxylic acids is 1. The molecule has 112 valence electrons. The van der Waals surface area contributed by atoms with Crippen molar-refractivity contribution in [2.45, 2.75) is 12.5 Å². The van der Waals surface area contributed by atoms with Crippen LogP contribution in [0, 0.1) is 0 Å². The van der Waals surface area contributed by atoms with Crippen LogP contribution in [0.15, 0.2) is 24.3 Å². The van der Waals surface area contributed by atoms with Crippen molar-refractivity contribution in [2.75, 3.05) is 0 Å². The number of carbonyl (C=O) groups is 3. The molecule has 0 aliphatic carbocycles. The zero-order valence-corrected chi connectivity index (χ0v) is 12.2. The Bertz CT molecular complexity index is 602. The van der Waals surface area contributed by atoms with Crippen molar-refractivity contribution in [3.8, 4) is 0 Å². The molecule has 1 atom stereocenters. The minimum absolute atomic E-state index is 0.273. The molecule has 4 N–H and O–H groups in total. The number of carbonyl (C=O) groups excluding carboxylic acids is 2. The van der Waals surface area contributed by atoms with Crippen LogP contribution in [-0.4, -0.2) is 28.9 Å². The van der Waals surface area contributed by atoms with Crippen LogP contribution < -0.4 is 11.1 Å². The van der Waals surface area contributed by atoms with Crippen molar-refractivity contribution >= 4 is 47.1 Å². The molecule has 0 spiro atoms. The molecule has 0 saturated heterocycles. The fraction of sp³-hybridized carbons (Fsp3) is 0.154. The lowest BCUT2D eigenvalue weighted by molar-refractivity contribution is -0.142. The third-order valence-electron chi connectivity index (χ3n) is 2.42. The summed E-state index contributed by atoms with van der Waals surface area (Å²) in [5.74, 6) is -2.87. The number of hydrogen-bond acceptors (Lipinski definition) is 3. The van der Waals surface area contributed by atoms with Gasteiger partial charge in [0.25, 0.3) is 0 Å². The molecule has 0 fully saturated rings. The molecule has 6 nitrogen and oxygen atoms in total. The number of primary amides is 1. The van der Waals surface area contributed by atoms with Crippen LogP contribution in [0.3, 0.4) is 0 Å². The van der Waals surface area contributed by atoms with Crippen molar-refractivity contribution in [2.24, 2.45) is 5.73 Å². The number of rotatable bonds is 6. The highest BCUT2D eigenvalue weighted by Crippen LogP contribution is 2.26. The molecule has 0 aromatic heterocycles. The van der Waals surface area contributed by atoms with E-state index in [2.05, 4.69) is 5.32 Å². The summed E-state index contributed by atoms with van der Waals surface area (Å²) >= 11 is 11.7. The van der Waals surface area contributed by atoms with E-state index in [1.54, 1.807) is 18.2 Å². The normalized spacial score (nSPS) is 12.1. The molecule has 8 heteroatoms. The first kappa shape index (κ1) is 17.0. The summed E-state index contributed by atoms with van der Waals surface area (Å²) < 4.78 is 0. The molecule has 0 aliphatic heterocycles. The molecule has 1 aromatic carbocycles. The second-order valence-corrected chi connectivity index (χ2v) is 4.83. The molecule has 0 saturated carbocycles. The molecule has 0 heterocycles. The fourth-order valence-corrected chi connectivity index (χ4v) is 1.81. The number of benzene rings is 1. The maximum absolute atomic E-state index is 11.6. The van der Waals surface area contributed by atoms with Crippen LogP contribution in [0.5, 0.6) is 0 Å². The highest BCUT2D eigenvalue weighted by molar-refractivity contribution is 6.42. The van der Waals surface area contributed by atoms with Gasteiger partial charge in [0.15, 0.2) is 0 Å². The number of nitrogens with one attached hydrogen (secondary N) is 1. The zero-order valence-electron chi connectivity index (χ0n) is 10.7. The Labute approximate surface area is 130 Å². The first-order valence-electron chi connectivity index (χ1n) is 5.75. The quantitative estimate of drug-likeness (QED) is 0.685. The Hall–Kier alpha value is -2.05. The minimum Gasteiger partial charge on any atom is -0.480 e. The van der Waals surface area contributed by atoms with Gasteiger partial charge < -0.3 is 16.2 Å². The van der Waals surface area contributed by atoms with E-state index in [9.17, 15) is 14.4 Å². The van der Waals surface area contributed by atoms with Crippen LogP contribution in [0.4, 0.5) is 0 Å². The highest BCUT2D eigenvalue weighted by Gasteiger charge is 2.21. The SMILES string of the molecule is NC(=O)CC(NC(=O)/C=C/c1cccc(Cl)c1Cl)C(=O)O. The Kier molecular flexibility index (Phi) is 6.20. The lowest BCUT2D eigenvalue weighted by Crippen LogP contribution is -2.42. The van der Waals surface area contributed by atoms with E-state index in [1.807, 2.05) is 0 Å². The molecule has 0 aliphatic rings. The standard InChI is InChI=1S/C13H12Cl2N2O4/c14-8-3-1-2-7(12(8)15)4-5-11(19)17-9(13(20)21)6-10(16)18/h1-5,9H,6H2,(H2,16,18)(H,17,19)(H,20,21)/b5-4+. The van der Waals surface area contributed by atoms with Gasteiger partial charge in [0, 0.05) is 6.08 Å². The van der Waals surface area contributed by atoms with Crippen molar-refractivity contribution in [3.63, 3.8) is 0 Å². The fourth-order valence-electron chi connectivity index (χ4n) is 1.44. The second-order valence-electron chi connectivity index (χ2n) is 4.05. The molecule has 21 heavy (non-hydrogen) atoms. The molecule has 2 amide bonds. The first-order chi connectivity index (χ1) is 9.81. The maximum atomic E-state index is 11.6. The van der Waals surface area contributed by atoms with Crippen molar-refractivity contribution in [3.05, 3.63) is 39.9 Å². The van der Waals surface area contributed by atoms with Crippen molar-refractivity contribution < 1.29 is 19.5 Å². The Morgan fingerprint density at radius 2 is 2.00 bits per heavy atom.